The fourth-order valence-electron chi connectivity index (χ4n) is 4.61. The maximum absolute atomic E-state index is 11.9. The van der Waals surface area contributed by atoms with Crippen LogP contribution in [-0.4, -0.2) is 36.6 Å². The molecule has 1 saturated carbocycles. The second kappa shape index (κ2) is 9.30. The fraction of sp³-hybridized carbons (Fsp3) is 0.333. The van der Waals surface area contributed by atoms with Gasteiger partial charge in [0.2, 0.25) is 5.82 Å². The van der Waals surface area contributed by atoms with Gasteiger partial charge in [-0.2, -0.15) is 0 Å². The zero-order valence-corrected chi connectivity index (χ0v) is 20.8. The number of hydrogen-bond donors (Lipinski definition) is 2. The molecule has 7 nitrogen and oxygen atoms in total. The van der Waals surface area contributed by atoms with Gasteiger partial charge in [0, 0.05) is 23.2 Å². The number of halogens is 1. The average Bonchev–Trinajstić information content (AvgIpc) is 3.14. The van der Waals surface area contributed by atoms with Crippen LogP contribution in [0.25, 0.3) is 22.6 Å². The summed E-state index contributed by atoms with van der Waals surface area (Å²) >= 11 is 6.13. The Labute approximate surface area is 209 Å². The third-order valence-corrected chi connectivity index (χ3v) is 7.16. The number of rotatable bonds is 7. The molecule has 2 N–H and O–H groups in total. The molecule has 1 aliphatic rings. The molecule has 4 aromatic rings. The Balaban J connectivity index is 1.74. The largest absolute Gasteiger partial charge is 0.475 e. The van der Waals surface area contributed by atoms with Crippen LogP contribution in [0.2, 0.25) is 5.02 Å². The molecule has 35 heavy (non-hydrogen) atoms. The number of imidazole rings is 1. The number of nitrogens with zero attached hydrogens (tertiary/aromatic N) is 4. The van der Waals surface area contributed by atoms with Crippen molar-refractivity contribution in [3.05, 3.63) is 70.0 Å². The van der Waals surface area contributed by atoms with Crippen molar-refractivity contribution in [2.45, 2.75) is 52.6 Å². The average molecular weight is 490 g/mol. The van der Waals surface area contributed by atoms with E-state index in [4.69, 9.17) is 16.6 Å². The van der Waals surface area contributed by atoms with Gasteiger partial charge >= 0.3 is 5.97 Å². The summed E-state index contributed by atoms with van der Waals surface area (Å²) in [5, 5.41) is 13.9. The quantitative estimate of drug-likeness (QED) is 0.325. The van der Waals surface area contributed by atoms with Gasteiger partial charge in [-0.25, -0.2) is 19.7 Å². The number of aromatic nitrogens is 4. The van der Waals surface area contributed by atoms with Gasteiger partial charge in [0.25, 0.3) is 0 Å². The number of hydrogen-bond acceptors (Lipinski definition) is 5. The first-order valence-corrected chi connectivity index (χ1v) is 12.3. The Morgan fingerprint density at radius 1 is 1.14 bits per heavy atom. The number of carboxylic acids is 1. The summed E-state index contributed by atoms with van der Waals surface area (Å²) in [4.78, 5) is 25.5. The first-order chi connectivity index (χ1) is 16.8. The number of carbonyl (C=O) groups is 1. The lowest BCUT2D eigenvalue weighted by Crippen LogP contribution is -2.31. The lowest BCUT2D eigenvalue weighted by atomic mass is 9.80. The van der Waals surface area contributed by atoms with Crippen molar-refractivity contribution in [2.75, 3.05) is 5.32 Å². The zero-order valence-electron chi connectivity index (χ0n) is 20.0. The minimum Gasteiger partial charge on any atom is -0.475 e. The van der Waals surface area contributed by atoms with E-state index in [-0.39, 0.29) is 11.9 Å². The third-order valence-electron chi connectivity index (χ3n) is 6.90. The highest BCUT2D eigenvalue weighted by Gasteiger charge is 2.27. The van der Waals surface area contributed by atoms with Crippen LogP contribution in [0.1, 0.15) is 53.5 Å². The molecule has 0 unspecified atom stereocenters. The molecule has 1 aliphatic carbocycles. The van der Waals surface area contributed by atoms with Crippen LogP contribution in [-0.2, 0) is 6.54 Å². The summed E-state index contributed by atoms with van der Waals surface area (Å²) in [5.41, 5.74) is 5.28. The topological polar surface area (TPSA) is 92.9 Å². The number of fused-ring (bicyclic) bond motifs is 1. The molecule has 2 heterocycles. The van der Waals surface area contributed by atoms with Crippen molar-refractivity contribution < 1.29 is 9.90 Å². The van der Waals surface area contributed by atoms with Crippen LogP contribution >= 0.6 is 11.6 Å². The van der Waals surface area contributed by atoms with Gasteiger partial charge < -0.3 is 15.0 Å². The summed E-state index contributed by atoms with van der Waals surface area (Å²) in [6, 6.07) is 14.1. The lowest BCUT2D eigenvalue weighted by Gasteiger charge is -2.32. The molecule has 0 amide bonds. The standard InChI is InChI=1S/C27H28ClN5O2/c1-15-7-8-16(2)21(13-15)26-32-24-22(33(26)14-18-9-11-20(28)12-10-18)23(30-25(31-24)27(34)35)29-17(3)19-5-4-6-19/h7-13,17,19H,4-6,14H2,1-3H3,(H,34,35)(H,29,30,31)/t17-/m1/s1. The van der Waals surface area contributed by atoms with E-state index in [0.717, 1.165) is 40.9 Å². The van der Waals surface area contributed by atoms with Crippen molar-refractivity contribution in [1.82, 2.24) is 19.5 Å². The molecule has 5 rings (SSSR count). The predicted octanol–water partition coefficient (Wildman–Crippen LogP) is 6.11. The fourth-order valence-corrected chi connectivity index (χ4v) is 4.74. The molecule has 0 bridgehead atoms. The summed E-state index contributed by atoms with van der Waals surface area (Å²) in [7, 11) is 0. The zero-order chi connectivity index (χ0) is 24.7. The van der Waals surface area contributed by atoms with E-state index in [9.17, 15) is 9.90 Å². The normalized spacial score (nSPS) is 14.6. The summed E-state index contributed by atoms with van der Waals surface area (Å²) in [5.74, 6) is 0.341. The van der Waals surface area contributed by atoms with Crippen LogP contribution in [0, 0.1) is 19.8 Å². The minimum absolute atomic E-state index is 0.159. The van der Waals surface area contributed by atoms with Crippen LogP contribution in [0.5, 0.6) is 0 Å². The van der Waals surface area contributed by atoms with Crippen LogP contribution in [0.4, 0.5) is 5.82 Å². The Bertz CT molecular complexity index is 1410. The van der Waals surface area contributed by atoms with Gasteiger partial charge in [0.1, 0.15) is 11.3 Å². The van der Waals surface area contributed by atoms with E-state index in [0.29, 0.717) is 34.5 Å². The highest BCUT2D eigenvalue weighted by Crippen LogP contribution is 2.34. The number of carboxylic acid groups (broad SMARTS) is 1. The van der Waals surface area contributed by atoms with E-state index in [1.54, 1.807) is 0 Å². The van der Waals surface area contributed by atoms with Gasteiger partial charge in [-0.1, -0.05) is 47.9 Å². The van der Waals surface area contributed by atoms with Gasteiger partial charge in [-0.15, -0.1) is 0 Å². The van der Waals surface area contributed by atoms with E-state index in [1.165, 1.54) is 6.42 Å². The molecule has 2 aromatic heterocycles. The van der Waals surface area contributed by atoms with Crippen molar-refractivity contribution in [2.24, 2.45) is 5.92 Å². The molecule has 0 saturated heterocycles. The van der Waals surface area contributed by atoms with Crippen LogP contribution in [0.15, 0.2) is 42.5 Å². The molecule has 2 aromatic carbocycles. The first-order valence-electron chi connectivity index (χ1n) is 11.9. The molecule has 1 fully saturated rings. The molecular formula is C27H28ClN5O2. The van der Waals surface area contributed by atoms with Crippen molar-refractivity contribution in [1.29, 1.82) is 0 Å². The number of nitrogens with one attached hydrogen (secondary N) is 1. The third kappa shape index (κ3) is 4.60. The summed E-state index contributed by atoms with van der Waals surface area (Å²) in [6.07, 6.45) is 3.54. The van der Waals surface area contributed by atoms with Gasteiger partial charge in [0.05, 0.1) is 0 Å². The van der Waals surface area contributed by atoms with E-state index >= 15 is 0 Å². The Hall–Kier alpha value is -3.45. The summed E-state index contributed by atoms with van der Waals surface area (Å²) in [6.45, 7) is 6.74. The van der Waals surface area contributed by atoms with Crippen molar-refractivity contribution >= 4 is 34.6 Å². The Morgan fingerprint density at radius 2 is 1.89 bits per heavy atom. The van der Waals surface area contributed by atoms with E-state index in [2.05, 4.69) is 45.0 Å². The SMILES string of the molecule is Cc1ccc(C)c(-c2nc3nc(C(=O)O)nc(N[C@H](C)C4CCC4)c3n2Cc2ccc(Cl)cc2)c1. The molecule has 8 heteroatoms. The number of aryl methyl sites for hydroxylation is 2. The molecule has 0 aliphatic heterocycles. The molecular weight excluding hydrogens is 462 g/mol. The van der Waals surface area contributed by atoms with Gasteiger partial charge in [-0.3, -0.25) is 0 Å². The monoisotopic (exact) mass is 489 g/mol. The highest BCUT2D eigenvalue weighted by molar-refractivity contribution is 6.30. The van der Waals surface area contributed by atoms with Crippen molar-refractivity contribution in [3.8, 4) is 11.4 Å². The number of anilines is 1. The molecule has 180 valence electrons. The van der Waals surface area contributed by atoms with Gasteiger partial charge in [-0.05, 0) is 68.9 Å². The second-order valence-corrected chi connectivity index (χ2v) is 9.90. The molecule has 0 radical (unpaired) electrons. The van der Waals surface area contributed by atoms with Crippen LogP contribution < -0.4 is 5.32 Å². The molecule has 1 atom stereocenters. The van der Waals surface area contributed by atoms with Gasteiger partial charge in [0.15, 0.2) is 11.5 Å². The smallest absolute Gasteiger partial charge is 0.374 e. The predicted molar refractivity (Wildman–Crippen MR) is 138 cm³/mol. The maximum atomic E-state index is 11.9. The maximum Gasteiger partial charge on any atom is 0.374 e. The molecule has 0 spiro atoms. The minimum atomic E-state index is -1.17. The Morgan fingerprint density at radius 3 is 2.54 bits per heavy atom. The lowest BCUT2D eigenvalue weighted by molar-refractivity contribution is 0.0684. The van der Waals surface area contributed by atoms with Crippen LogP contribution in [0.3, 0.4) is 0 Å². The van der Waals surface area contributed by atoms with Crippen molar-refractivity contribution in [3.63, 3.8) is 0 Å². The first kappa shape index (κ1) is 23.3. The number of benzene rings is 2. The van der Waals surface area contributed by atoms with E-state index in [1.807, 2.05) is 38.1 Å². The van der Waals surface area contributed by atoms with E-state index < -0.39 is 5.97 Å². The second-order valence-electron chi connectivity index (χ2n) is 9.46. The Kier molecular flexibility index (Phi) is 6.19. The highest BCUT2D eigenvalue weighted by atomic mass is 35.5. The summed E-state index contributed by atoms with van der Waals surface area (Å²) < 4.78 is 2.09. The number of aromatic carboxylic acids is 1.